The number of rotatable bonds is 4. The zero-order valence-electron chi connectivity index (χ0n) is 12.3. The Kier molecular flexibility index (Phi) is 4.50. The fourth-order valence-corrected chi connectivity index (χ4v) is 2.15. The van der Waals surface area contributed by atoms with Gasteiger partial charge in [-0.2, -0.15) is 5.10 Å². The van der Waals surface area contributed by atoms with Crippen LogP contribution in [0.2, 0.25) is 0 Å². The highest BCUT2D eigenvalue weighted by atomic mass is 16.6. The van der Waals surface area contributed by atoms with E-state index in [-0.39, 0.29) is 30.1 Å². The van der Waals surface area contributed by atoms with E-state index < -0.39 is 10.8 Å². The molecule has 1 heterocycles. The van der Waals surface area contributed by atoms with Crippen molar-refractivity contribution in [3.63, 3.8) is 0 Å². The molecule has 8 heteroatoms. The fraction of sp³-hybridized carbons (Fsp3) is 0.357. The number of hydrogen-bond acceptors (Lipinski definition) is 5. The molecule has 116 valence electrons. The van der Waals surface area contributed by atoms with Crippen molar-refractivity contribution in [1.29, 1.82) is 0 Å². The lowest BCUT2D eigenvalue weighted by molar-refractivity contribution is -0.385. The van der Waals surface area contributed by atoms with Gasteiger partial charge in [0.05, 0.1) is 4.92 Å². The van der Waals surface area contributed by atoms with E-state index in [0.29, 0.717) is 17.7 Å². The predicted octanol–water partition coefficient (Wildman–Crippen LogP) is 1.70. The van der Waals surface area contributed by atoms with E-state index in [1.165, 1.54) is 13.1 Å². The topological polar surface area (TPSA) is 105 Å². The van der Waals surface area contributed by atoms with E-state index in [9.17, 15) is 19.7 Å². The number of carbonyl (C=O) groups is 2. The van der Waals surface area contributed by atoms with Crippen LogP contribution in [-0.2, 0) is 16.0 Å². The summed E-state index contributed by atoms with van der Waals surface area (Å²) in [7, 11) is 1.48. The van der Waals surface area contributed by atoms with Crippen LogP contribution in [-0.4, -0.2) is 34.5 Å². The monoisotopic (exact) mass is 304 g/mol. The van der Waals surface area contributed by atoms with E-state index in [2.05, 4.69) is 10.4 Å². The molecule has 1 aromatic carbocycles. The molecule has 0 atom stereocenters. The standard InChI is InChI=1S/C14H16N4O4/c1-3-9-4-5-10(8-12(9)18(21)22)15-14(20)11-6-7-13(19)17(2)16-11/h4-5,8H,3,6-7H2,1-2H3,(H,15,20). The van der Waals surface area contributed by atoms with Crippen LogP contribution in [0.5, 0.6) is 0 Å². The number of amides is 2. The first-order valence-electron chi connectivity index (χ1n) is 6.85. The number of carbonyl (C=O) groups excluding carboxylic acids is 2. The Hall–Kier alpha value is -2.77. The Bertz CT molecular complexity index is 669. The van der Waals surface area contributed by atoms with Crippen LogP contribution >= 0.6 is 0 Å². The molecule has 0 fully saturated rings. The fourth-order valence-electron chi connectivity index (χ4n) is 2.15. The van der Waals surface area contributed by atoms with Crippen molar-refractivity contribution in [2.75, 3.05) is 12.4 Å². The van der Waals surface area contributed by atoms with Crippen LogP contribution in [0.15, 0.2) is 23.3 Å². The van der Waals surface area contributed by atoms with Crippen molar-refractivity contribution in [2.24, 2.45) is 5.10 Å². The number of nitrogens with zero attached hydrogens (tertiary/aromatic N) is 3. The summed E-state index contributed by atoms with van der Waals surface area (Å²) in [5.41, 5.74) is 1.13. The normalized spacial score (nSPS) is 14.5. The number of nitro groups is 1. The van der Waals surface area contributed by atoms with Gasteiger partial charge in [0.25, 0.3) is 11.6 Å². The van der Waals surface area contributed by atoms with E-state index in [4.69, 9.17) is 0 Å². The average Bonchev–Trinajstić information content (AvgIpc) is 2.49. The molecule has 0 bridgehead atoms. The first-order chi connectivity index (χ1) is 10.4. The van der Waals surface area contributed by atoms with Crippen LogP contribution in [0.25, 0.3) is 0 Å². The van der Waals surface area contributed by atoms with Gasteiger partial charge in [0.2, 0.25) is 5.91 Å². The molecule has 0 saturated heterocycles. The lowest BCUT2D eigenvalue weighted by Gasteiger charge is -2.18. The molecule has 0 aliphatic carbocycles. The molecule has 0 unspecified atom stereocenters. The van der Waals surface area contributed by atoms with E-state index >= 15 is 0 Å². The number of benzene rings is 1. The third-order valence-corrected chi connectivity index (χ3v) is 3.39. The highest BCUT2D eigenvalue weighted by Gasteiger charge is 2.22. The molecule has 0 spiro atoms. The highest BCUT2D eigenvalue weighted by molar-refractivity contribution is 6.43. The van der Waals surface area contributed by atoms with Crippen molar-refractivity contribution in [1.82, 2.24) is 5.01 Å². The van der Waals surface area contributed by atoms with Crippen LogP contribution in [0, 0.1) is 10.1 Å². The van der Waals surface area contributed by atoms with Crippen LogP contribution < -0.4 is 5.32 Å². The zero-order chi connectivity index (χ0) is 16.3. The minimum absolute atomic E-state index is 0.0295. The Labute approximate surface area is 126 Å². The molecule has 1 aliphatic rings. The summed E-state index contributed by atoms with van der Waals surface area (Å²) in [5.74, 6) is -0.614. The first-order valence-corrected chi connectivity index (χ1v) is 6.85. The number of anilines is 1. The minimum Gasteiger partial charge on any atom is -0.321 e. The van der Waals surface area contributed by atoms with Gasteiger partial charge in [-0.3, -0.25) is 19.7 Å². The minimum atomic E-state index is -0.473. The van der Waals surface area contributed by atoms with Crippen LogP contribution in [0.1, 0.15) is 25.3 Å². The summed E-state index contributed by atoms with van der Waals surface area (Å²) in [6, 6.07) is 4.56. The maximum absolute atomic E-state index is 12.1. The maximum Gasteiger partial charge on any atom is 0.274 e. The molecular weight excluding hydrogens is 288 g/mol. The smallest absolute Gasteiger partial charge is 0.274 e. The second-order valence-corrected chi connectivity index (χ2v) is 4.87. The van der Waals surface area contributed by atoms with Crippen LogP contribution in [0.4, 0.5) is 11.4 Å². The quantitative estimate of drug-likeness (QED) is 0.675. The van der Waals surface area contributed by atoms with Crippen molar-refractivity contribution in [2.45, 2.75) is 26.2 Å². The van der Waals surface area contributed by atoms with Gasteiger partial charge < -0.3 is 5.32 Å². The van der Waals surface area contributed by atoms with Crippen molar-refractivity contribution in [3.05, 3.63) is 33.9 Å². The molecule has 1 aromatic rings. The second-order valence-electron chi connectivity index (χ2n) is 4.87. The third-order valence-electron chi connectivity index (χ3n) is 3.39. The van der Waals surface area contributed by atoms with Gasteiger partial charge in [-0.05, 0) is 12.5 Å². The Balaban J connectivity index is 2.19. The SMILES string of the molecule is CCc1ccc(NC(=O)C2=NN(C)C(=O)CC2)cc1[N+](=O)[O-]. The Morgan fingerprint density at radius 3 is 2.77 bits per heavy atom. The summed E-state index contributed by atoms with van der Waals surface area (Å²) >= 11 is 0. The zero-order valence-corrected chi connectivity index (χ0v) is 12.3. The van der Waals surface area contributed by atoms with Gasteiger partial charge in [-0.1, -0.05) is 13.0 Å². The summed E-state index contributed by atoms with van der Waals surface area (Å²) < 4.78 is 0. The molecule has 22 heavy (non-hydrogen) atoms. The second kappa shape index (κ2) is 6.33. The third kappa shape index (κ3) is 3.27. The summed E-state index contributed by atoms with van der Waals surface area (Å²) in [6.07, 6.45) is 1.01. The number of nitro benzene ring substituents is 1. The summed E-state index contributed by atoms with van der Waals surface area (Å²) in [6.45, 7) is 1.82. The molecule has 0 radical (unpaired) electrons. The Morgan fingerprint density at radius 1 is 1.45 bits per heavy atom. The van der Waals surface area contributed by atoms with E-state index in [0.717, 1.165) is 5.01 Å². The summed E-state index contributed by atoms with van der Waals surface area (Å²) in [5, 5.41) is 18.6. The van der Waals surface area contributed by atoms with E-state index in [1.807, 2.05) is 6.92 Å². The lowest BCUT2D eigenvalue weighted by Crippen LogP contribution is -2.34. The number of hydrazone groups is 1. The molecule has 0 saturated carbocycles. The molecule has 2 amide bonds. The van der Waals surface area contributed by atoms with Gasteiger partial charge in [-0.25, -0.2) is 5.01 Å². The molecule has 0 aromatic heterocycles. The van der Waals surface area contributed by atoms with Gasteiger partial charge in [-0.15, -0.1) is 0 Å². The molecular formula is C14H16N4O4. The number of hydrogen-bond donors (Lipinski definition) is 1. The first kappa shape index (κ1) is 15.6. The van der Waals surface area contributed by atoms with Crippen molar-refractivity contribution in [3.8, 4) is 0 Å². The molecule has 8 nitrogen and oxygen atoms in total. The van der Waals surface area contributed by atoms with E-state index in [1.54, 1.807) is 12.1 Å². The molecule has 2 rings (SSSR count). The highest BCUT2D eigenvalue weighted by Crippen LogP contribution is 2.24. The largest absolute Gasteiger partial charge is 0.321 e. The maximum atomic E-state index is 12.1. The van der Waals surface area contributed by atoms with Crippen molar-refractivity contribution >= 4 is 28.9 Å². The van der Waals surface area contributed by atoms with Crippen molar-refractivity contribution < 1.29 is 14.5 Å². The summed E-state index contributed by atoms with van der Waals surface area (Å²) in [4.78, 5) is 34.0. The Morgan fingerprint density at radius 2 is 2.18 bits per heavy atom. The van der Waals surface area contributed by atoms with Gasteiger partial charge in [0.15, 0.2) is 0 Å². The lowest BCUT2D eigenvalue weighted by atomic mass is 10.1. The van der Waals surface area contributed by atoms with Crippen LogP contribution in [0.3, 0.4) is 0 Å². The van der Waals surface area contributed by atoms with Gasteiger partial charge >= 0.3 is 0 Å². The van der Waals surface area contributed by atoms with Gasteiger partial charge in [0, 0.05) is 37.2 Å². The number of aryl methyl sites for hydroxylation is 1. The molecule has 1 N–H and O–H groups in total. The number of nitrogens with one attached hydrogen (secondary N) is 1. The average molecular weight is 304 g/mol. The predicted molar refractivity (Wildman–Crippen MR) is 80.5 cm³/mol. The molecule has 1 aliphatic heterocycles. The van der Waals surface area contributed by atoms with Gasteiger partial charge in [0.1, 0.15) is 5.71 Å².